The second kappa shape index (κ2) is 10.1. The Morgan fingerprint density at radius 2 is 1.92 bits per heavy atom. The first-order valence-corrected chi connectivity index (χ1v) is 8.16. The molecule has 0 aliphatic carbocycles. The van der Waals surface area contributed by atoms with Gasteiger partial charge in [0.25, 0.3) is 0 Å². The smallest absolute Gasteiger partial charge is 0.357 e. The normalized spacial score (nSPS) is 14.8. The number of unbranched alkanes of at least 4 members (excludes halogenated alkanes) is 1. The second-order valence-electron chi connectivity index (χ2n) is 5.75. The van der Waals surface area contributed by atoms with Gasteiger partial charge >= 0.3 is 6.18 Å². The molecule has 0 aromatic heterocycles. The largest absolute Gasteiger partial charge is 0.389 e. The highest BCUT2D eigenvalue weighted by Crippen LogP contribution is 2.22. The molecule has 0 amide bonds. The number of guanidine groups is 1. The van der Waals surface area contributed by atoms with E-state index in [-0.39, 0.29) is 30.4 Å². The lowest BCUT2D eigenvalue weighted by molar-refractivity contribution is -0.135. The van der Waals surface area contributed by atoms with E-state index in [2.05, 4.69) is 33.4 Å². The van der Waals surface area contributed by atoms with Crippen molar-refractivity contribution in [2.24, 2.45) is 4.99 Å². The van der Waals surface area contributed by atoms with Crippen LogP contribution in [0.2, 0.25) is 0 Å². The van der Waals surface area contributed by atoms with Crippen LogP contribution in [0.4, 0.5) is 13.2 Å². The van der Waals surface area contributed by atoms with Gasteiger partial charge in [0.05, 0.1) is 0 Å². The van der Waals surface area contributed by atoms with Crippen molar-refractivity contribution >= 4 is 29.9 Å². The monoisotopic (exact) mass is 455 g/mol. The van der Waals surface area contributed by atoms with Gasteiger partial charge in [-0.05, 0) is 37.3 Å². The fourth-order valence-corrected chi connectivity index (χ4v) is 2.72. The van der Waals surface area contributed by atoms with E-state index in [4.69, 9.17) is 0 Å². The summed E-state index contributed by atoms with van der Waals surface area (Å²) in [7, 11) is 0. The van der Waals surface area contributed by atoms with Crippen LogP contribution in [-0.2, 0) is 13.0 Å². The molecule has 7 heteroatoms. The second-order valence-corrected chi connectivity index (χ2v) is 5.75. The Morgan fingerprint density at radius 3 is 2.58 bits per heavy atom. The van der Waals surface area contributed by atoms with Gasteiger partial charge in [0.2, 0.25) is 0 Å². The van der Waals surface area contributed by atoms with Crippen LogP contribution in [-0.4, -0.2) is 36.7 Å². The summed E-state index contributed by atoms with van der Waals surface area (Å²) in [6.07, 6.45) is -3.23. The maximum atomic E-state index is 12.1. The van der Waals surface area contributed by atoms with Gasteiger partial charge in [-0.2, -0.15) is 13.2 Å². The minimum Gasteiger partial charge on any atom is -0.357 e. The summed E-state index contributed by atoms with van der Waals surface area (Å²) in [5.41, 5.74) is 2.66. The van der Waals surface area contributed by atoms with Crippen molar-refractivity contribution in [3.05, 3.63) is 35.4 Å². The number of fused-ring (bicyclic) bond motifs is 1. The van der Waals surface area contributed by atoms with E-state index in [0.717, 1.165) is 32.0 Å². The van der Waals surface area contributed by atoms with Crippen molar-refractivity contribution in [2.45, 2.75) is 45.3 Å². The third-order valence-corrected chi connectivity index (χ3v) is 3.90. The van der Waals surface area contributed by atoms with E-state index in [1.54, 1.807) is 0 Å². The van der Waals surface area contributed by atoms with Crippen LogP contribution in [0, 0.1) is 0 Å². The molecule has 0 spiro atoms. The van der Waals surface area contributed by atoms with Crippen molar-refractivity contribution in [1.82, 2.24) is 10.2 Å². The molecule has 0 saturated carbocycles. The molecular weight excluding hydrogens is 430 g/mol. The Kier molecular flexibility index (Phi) is 8.86. The molecule has 1 aliphatic rings. The minimum atomic E-state index is -4.06. The fraction of sp³-hybridized carbons (Fsp3) is 0.588. The molecule has 0 saturated heterocycles. The lowest BCUT2D eigenvalue weighted by atomic mass is 10.0. The standard InChI is InChI=1S/C17H24F3N3.HI/c1-2-21-16(22-11-6-5-10-17(18,19)20)23-12-9-14-7-3-4-8-15(14)13-23;/h3-4,7-8H,2,5-6,9-13H2,1H3,(H,21,22);1H. The fourth-order valence-electron chi connectivity index (χ4n) is 2.72. The van der Waals surface area contributed by atoms with Gasteiger partial charge in [-0.1, -0.05) is 24.3 Å². The number of hydrogen-bond acceptors (Lipinski definition) is 1. The molecule has 136 valence electrons. The Bertz CT molecular complexity index is 532. The van der Waals surface area contributed by atoms with Crippen LogP contribution in [0.5, 0.6) is 0 Å². The zero-order chi connectivity index (χ0) is 16.7. The van der Waals surface area contributed by atoms with Crippen LogP contribution in [0.3, 0.4) is 0 Å². The molecule has 1 aliphatic heterocycles. The highest BCUT2D eigenvalue weighted by atomic mass is 127. The SMILES string of the molecule is CCNC(=NCCCCC(F)(F)F)N1CCc2ccccc2C1.I. The number of rotatable bonds is 5. The zero-order valence-electron chi connectivity index (χ0n) is 13.9. The number of nitrogens with zero attached hydrogens (tertiary/aromatic N) is 2. The van der Waals surface area contributed by atoms with E-state index < -0.39 is 12.6 Å². The Hall–Kier alpha value is -0.990. The van der Waals surface area contributed by atoms with Crippen LogP contribution >= 0.6 is 24.0 Å². The maximum absolute atomic E-state index is 12.1. The van der Waals surface area contributed by atoms with Crippen LogP contribution in [0.1, 0.15) is 37.3 Å². The number of nitrogens with one attached hydrogen (secondary N) is 1. The molecule has 1 aromatic rings. The third-order valence-electron chi connectivity index (χ3n) is 3.90. The molecule has 3 nitrogen and oxygen atoms in total. The molecule has 1 heterocycles. The summed E-state index contributed by atoms with van der Waals surface area (Å²) in [4.78, 5) is 6.67. The number of benzene rings is 1. The van der Waals surface area contributed by atoms with Gasteiger partial charge in [0, 0.05) is 32.6 Å². The topological polar surface area (TPSA) is 27.6 Å². The van der Waals surface area contributed by atoms with E-state index in [9.17, 15) is 13.2 Å². The minimum absolute atomic E-state index is 0. The van der Waals surface area contributed by atoms with Crippen molar-refractivity contribution in [1.29, 1.82) is 0 Å². The van der Waals surface area contributed by atoms with Crippen LogP contribution in [0.25, 0.3) is 0 Å². The van der Waals surface area contributed by atoms with E-state index in [1.165, 1.54) is 11.1 Å². The molecule has 0 radical (unpaired) electrons. The molecule has 0 unspecified atom stereocenters. The van der Waals surface area contributed by atoms with Crippen molar-refractivity contribution in [2.75, 3.05) is 19.6 Å². The summed E-state index contributed by atoms with van der Waals surface area (Å²) in [5.74, 6) is 0.800. The Labute approximate surface area is 158 Å². The van der Waals surface area contributed by atoms with Gasteiger partial charge in [-0.15, -0.1) is 24.0 Å². The van der Waals surface area contributed by atoms with E-state index in [0.29, 0.717) is 13.0 Å². The molecule has 1 N–H and O–H groups in total. The molecular formula is C17H25F3IN3. The first-order valence-electron chi connectivity index (χ1n) is 8.16. The number of halogens is 4. The van der Waals surface area contributed by atoms with E-state index >= 15 is 0 Å². The Morgan fingerprint density at radius 1 is 1.21 bits per heavy atom. The van der Waals surface area contributed by atoms with E-state index in [1.807, 2.05) is 13.0 Å². The van der Waals surface area contributed by atoms with Gasteiger partial charge in [-0.25, -0.2) is 0 Å². The average Bonchev–Trinajstić information content (AvgIpc) is 2.52. The highest BCUT2D eigenvalue weighted by Gasteiger charge is 2.25. The lowest BCUT2D eigenvalue weighted by Gasteiger charge is -2.31. The summed E-state index contributed by atoms with van der Waals surface area (Å²) in [5, 5.41) is 3.24. The summed E-state index contributed by atoms with van der Waals surface area (Å²) >= 11 is 0. The van der Waals surface area contributed by atoms with Gasteiger partial charge in [-0.3, -0.25) is 4.99 Å². The third kappa shape index (κ3) is 6.86. The van der Waals surface area contributed by atoms with Crippen LogP contribution < -0.4 is 5.32 Å². The summed E-state index contributed by atoms with van der Waals surface area (Å²) in [6.45, 7) is 4.85. The molecule has 24 heavy (non-hydrogen) atoms. The van der Waals surface area contributed by atoms with Gasteiger partial charge < -0.3 is 10.2 Å². The van der Waals surface area contributed by atoms with Crippen molar-refractivity contribution in [3.63, 3.8) is 0 Å². The summed E-state index contributed by atoms with van der Waals surface area (Å²) in [6, 6.07) is 8.35. The molecule has 0 fully saturated rings. The lowest BCUT2D eigenvalue weighted by Crippen LogP contribution is -2.44. The number of alkyl halides is 3. The highest BCUT2D eigenvalue weighted by molar-refractivity contribution is 14.0. The van der Waals surface area contributed by atoms with Gasteiger partial charge in [0.1, 0.15) is 0 Å². The van der Waals surface area contributed by atoms with Crippen molar-refractivity contribution < 1.29 is 13.2 Å². The average molecular weight is 455 g/mol. The zero-order valence-corrected chi connectivity index (χ0v) is 16.2. The number of aliphatic imine (C=N–C) groups is 1. The quantitative estimate of drug-likeness (QED) is 0.309. The first-order chi connectivity index (χ1) is 11.0. The molecule has 0 atom stereocenters. The van der Waals surface area contributed by atoms with Crippen molar-refractivity contribution in [3.8, 4) is 0 Å². The molecule has 1 aromatic carbocycles. The summed E-state index contributed by atoms with van der Waals surface area (Å²) < 4.78 is 36.4. The predicted octanol–water partition coefficient (Wildman–Crippen LogP) is 4.36. The molecule has 2 rings (SSSR count). The maximum Gasteiger partial charge on any atom is 0.389 e. The Balaban J connectivity index is 0.00000288. The van der Waals surface area contributed by atoms with Gasteiger partial charge in [0.15, 0.2) is 5.96 Å². The number of hydrogen-bond donors (Lipinski definition) is 1. The molecule has 0 bridgehead atoms. The first kappa shape index (κ1) is 21.1. The predicted molar refractivity (Wildman–Crippen MR) is 102 cm³/mol. The van der Waals surface area contributed by atoms with Crippen LogP contribution in [0.15, 0.2) is 29.3 Å².